The molecule has 7 heteroatoms. The fourth-order valence-electron chi connectivity index (χ4n) is 2.15. The average molecular weight is 314 g/mol. The minimum absolute atomic E-state index is 0.142. The summed E-state index contributed by atoms with van der Waals surface area (Å²) in [5.41, 5.74) is 1.24. The van der Waals surface area contributed by atoms with Crippen LogP contribution in [0.25, 0.3) is 0 Å². The molecule has 0 saturated carbocycles. The van der Waals surface area contributed by atoms with E-state index in [1.54, 1.807) is 31.3 Å². The monoisotopic (exact) mass is 314 g/mol. The maximum absolute atomic E-state index is 11.8. The summed E-state index contributed by atoms with van der Waals surface area (Å²) in [5, 5.41) is 17.0. The molecule has 0 aliphatic rings. The van der Waals surface area contributed by atoms with Crippen LogP contribution < -0.4 is 10.6 Å². The number of rotatable bonds is 6. The average Bonchev–Trinajstić information content (AvgIpc) is 2.56. The second-order valence-corrected chi connectivity index (χ2v) is 4.97. The predicted molar refractivity (Wildman–Crippen MR) is 87.4 cm³/mol. The highest BCUT2D eigenvalue weighted by atomic mass is 16.6. The summed E-state index contributed by atoms with van der Waals surface area (Å²) >= 11 is 0. The molecule has 0 bridgehead atoms. The topological polar surface area (TPSA) is 97.2 Å². The molecule has 2 rings (SSSR count). The van der Waals surface area contributed by atoms with E-state index in [1.807, 2.05) is 19.1 Å². The number of hydrogen-bond acceptors (Lipinski definition) is 5. The number of nitro benzene ring substituents is 1. The summed E-state index contributed by atoms with van der Waals surface area (Å²) in [7, 11) is 0. The molecular formula is C16H18N4O3. The molecule has 1 aromatic heterocycles. The van der Waals surface area contributed by atoms with Gasteiger partial charge in [0, 0.05) is 24.4 Å². The lowest BCUT2D eigenvalue weighted by Gasteiger charge is -2.15. The summed E-state index contributed by atoms with van der Waals surface area (Å²) in [4.78, 5) is 26.8. The molecular weight excluding hydrogens is 296 g/mol. The number of anilines is 1. The van der Waals surface area contributed by atoms with Crippen LogP contribution in [-0.4, -0.2) is 22.4 Å². The van der Waals surface area contributed by atoms with Gasteiger partial charge in [-0.3, -0.25) is 19.9 Å². The van der Waals surface area contributed by atoms with Crippen molar-refractivity contribution in [1.82, 2.24) is 10.3 Å². The van der Waals surface area contributed by atoms with Gasteiger partial charge in [0.05, 0.1) is 16.7 Å². The summed E-state index contributed by atoms with van der Waals surface area (Å²) in [6.45, 7) is 4.11. The standard InChI is InChI=1S/C16H18N4O3/c1-3-17-16(21)12-7-8-14(15(10-12)20(22)23)19-11(2)13-6-4-5-9-18-13/h4-11,19H,3H2,1-2H3,(H,17,21)/t11-/m0/s1. The Morgan fingerprint density at radius 2 is 2.13 bits per heavy atom. The summed E-state index contributed by atoms with van der Waals surface area (Å²) in [6.07, 6.45) is 1.67. The lowest BCUT2D eigenvalue weighted by atomic mass is 10.1. The van der Waals surface area contributed by atoms with E-state index in [0.29, 0.717) is 12.2 Å². The van der Waals surface area contributed by atoms with E-state index in [9.17, 15) is 14.9 Å². The van der Waals surface area contributed by atoms with E-state index in [2.05, 4.69) is 15.6 Å². The molecule has 0 fully saturated rings. The second kappa shape index (κ2) is 7.35. The number of carbonyl (C=O) groups excluding carboxylic acids is 1. The number of nitrogens with zero attached hydrogens (tertiary/aromatic N) is 2. The molecule has 1 heterocycles. The van der Waals surface area contributed by atoms with Crippen LogP contribution >= 0.6 is 0 Å². The number of aromatic nitrogens is 1. The molecule has 0 aliphatic carbocycles. The van der Waals surface area contributed by atoms with Crippen molar-refractivity contribution in [2.24, 2.45) is 0 Å². The van der Waals surface area contributed by atoms with E-state index in [-0.39, 0.29) is 23.2 Å². The Morgan fingerprint density at radius 1 is 1.35 bits per heavy atom. The van der Waals surface area contributed by atoms with Gasteiger partial charge in [-0.05, 0) is 38.1 Å². The van der Waals surface area contributed by atoms with E-state index in [0.717, 1.165) is 5.69 Å². The van der Waals surface area contributed by atoms with Gasteiger partial charge < -0.3 is 10.6 Å². The molecule has 1 amide bonds. The van der Waals surface area contributed by atoms with Crippen LogP contribution in [-0.2, 0) is 0 Å². The van der Waals surface area contributed by atoms with E-state index < -0.39 is 4.92 Å². The molecule has 1 atom stereocenters. The summed E-state index contributed by atoms with van der Waals surface area (Å²) in [5.74, 6) is -0.333. The quantitative estimate of drug-likeness (QED) is 0.631. The molecule has 2 N–H and O–H groups in total. The van der Waals surface area contributed by atoms with Crippen molar-refractivity contribution in [2.45, 2.75) is 19.9 Å². The Bertz CT molecular complexity index is 704. The van der Waals surface area contributed by atoms with Crippen LogP contribution in [0.4, 0.5) is 11.4 Å². The van der Waals surface area contributed by atoms with Crippen LogP contribution in [0.1, 0.15) is 35.9 Å². The largest absolute Gasteiger partial charge is 0.371 e. The zero-order valence-electron chi connectivity index (χ0n) is 12.9. The number of benzene rings is 1. The summed E-state index contributed by atoms with van der Waals surface area (Å²) < 4.78 is 0. The number of amides is 1. The minimum Gasteiger partial charge on any atom is -0.371 e. The van der Waals surface area contributed by atoms with Crippen LogP contribution in [0.5, 0.6) is 0 Å². The third-order valence-electron chi connectivity index (χ3n) is 3.30. The Hall–Kier alpha value is -2.96. The van der Waals surface area contributed by atoms with Gasteiger partial charge in [0.2, 0.25) is 0 Å². The number of hydrogen-bond donors (Lipinski definition) is 2. The first-order valence-electron chi connectivity index (χ1n) is 7.27. The number of nitrogens with one attached hydrogen (secondary N) is 2. The zero-order chi connectivity index (χ0) is 16.8. The molecule has 1 aromatic carbocycles. The minimum atomic E-state index is -0.504. The first-order valence-corrected chi connectivity index (χ1v) is 7.27. The Morgan fingerprint density at radius 3 is 2.74 bits per heavy atom. The van der Waals surface area contributed by atoms with Gasteiger partial charge in [0.15, 0.2) is 0 Å². The van der Waals surface area contributed by atoms with Crippen molar-refractivity contribution >= 4 is 17.3 Å². The third kappa shape index (κ3) is 4.03. The molecule has 0 saturated heterocycles. The van der Waals surface area contributed by atoms with Gasteiger partial charge in [0.25, 0.3) is 11.6 Å². The van der Waals surface area contributed by atoms with Gasteiger partial charge >= 0.3 is 0 Å². The lowest BCUT2D eigenvalue weighted by molar-refractivity contribution is -0.384. The Labute approximate surface area is 133 Å². The third-order valence-corrected chi connectivity index (χ3v) is 3.30. The van der Waals surface area contributed by atoms with Crippen LogP contribution in [0.15, 0.2) is 42.6 Å². The molecule has 7 nitrogen and oxygen atoms in total. The number of carbonyl (C=O) groups is 1. The zero-order valence-corrected chi connectivity index (χ0v) is 12.9. The van der Waals surface area contributed by atoms with E-state index in [1.165, 1.54) is 6.07 Å². The highest BCUT2D eigenvalue weighted by molar-refractivity contribution is 5.95. The molecule has 2 aromatic rings. The van der Waals surface area contributed by atoms with Crippen molar-refractivity contribution in [1.29, 1.82) is 0 Å². The molecule has 0 aliphatic heterocycles. The second-order valence-electron chi connectivity index (χ2n) is 4.97. The fraction of sp³-hybridized carbons (Fsp3) is 0.250. The SMILES string of the molecule is CCNC(=O)c1ccc(N[C@@H](C)c2ccccn2)c([N+](=O)[O-])c1. The molecule has 0 spiro atoms. The van der Waals surface area contributed by atoms with Crippen molar-refractivity contribution in [3.63, 3.8) is 0 Å². The Balaban J connectivity index is 2.28. The van der Waals surface area contributed by atoms with Crippen molar-refractivity contribution in [2.75, 3.05) is 11.9 Å². The van der Waals surface area contributed by atoms with Crippen molar-refractivity contribution < 1.29 is 9.72 Å². The highest BCUT2D eigenvalue weighted by Gasteiger charge is 2.19. The molecule has 0 radical (unpaired) electrons. The number of nitro groups is 1. The van der Waals surface area contributed by atoms with E-state index >= 15 is 0 Å². The first kappa shape index (κ1) is 16.4. The van der Waals surface area contributed by atoms with E-state index in [4.69, 9.17) is 0 Å². The van der Waals surface area contributed by atoms with Gasteiger partial charge in [-0.1, -0.05) is 6.07 Å². The van der Waals surface area contributed by atoms with Crippen LogP contribution in [0.3, 0.4) is 0 Å². The van der Waals surface area contributed by atoms with Crippen molar-refractivity contribution in [3.05, 3.63) is 64.0 Å². The van der Waals surface area contributed by atoms with Gasteiger partial charge in [0.1, 0.15) is 5.69 Å². The summed E-state index contributed by atoms with van der Waals surface area (Å²) in [6, 6.07) is 9.68. The highest BCUT2D eigenvalue weighted by Crippen LogP contribution is 2.28. The van der Waals surface area contributed by atoms with Crippen molar-refractivity contribution in [3.8, 4) is 0 Å². The van der Waals surface area contributed by atoms with Gasteiger partial charge in [-0.25, -0.2) is 0 Å². The molecule has 23 heavy (non-hydrogen) atoms. The van der Waals surface area contributed by atoms with Crippen LogP contribution in [0, 0.1) is 10.1 Å². The molecule has 120 valence electrons. The number of pyridine rings is 1. The predicted octanol–water partition coefficient (Wildman–Crippen LogP) is 2.91. The van der Waals surface area contributed by atoms with Gasteiger partial charge in [-0.2, -0.15) is 0 Å². The fourth-order valence-corrected chi connectivity index (χ4v) is 2.15. The van der Waals surface area contributed by atoms with Gasteiger partial charge in [-0.15, -0.1) is 0 Å². The van der Waals surface area contributed by atoms with Crippen LogP contribution in [0.2, 0.25) is 0 Å². The molecule has 0 unspecified atom stereocenters. The Kier molecular flexibility index (Phi) is 5.24. The first-order chi connectivity index (χ1) is 11.0. The smallest absolute Gasteiger partial charge is 0.293 e. The lowest BCUT2D eigenvalue weighted by Crippen LogP contribution is -2.22. The maximum atomic E-state index is 11.8. The maximum Gasteiger partial charge on any atom is 0.293 e. The normalized spacial score (nSPS) is 11.6.